The Balaban J connectivity index is 2.60. The van der Waals surface area contributed by atoms with E-state index in [1.54, 1.807) is 13.2 Å². The summed E-state index contributed by atoms with van der Waals surface area (Å²) in [6.07, 6.45) is 4.61. The summed E-state index contributed by atoms with van der Waals surface area (Å²) in [5, 5.41) is 8.64. The second-order valence-electron chi connectivity index (χ2n) is 5.94. The van der Waals surface area contributed by atoms with Crippen LogP contribution in [0.1, 0.15) is 54.4 Å². The van der Waals surface area contributed by atoms with Crippen molar-refractivity contribution < 1.29 is 28.5 Å². The first-order chi connectivity index (χ1) is 12.1. The van der Waals surface area contributed by atoms with Crippen molar-refractivity contribution in [2.75, 3.05) is 27.9 Å². The summed E-state index contributed by atoms with van der Waals surface area (Å²) in [5.41, 5.74) is 1.28. The Hall–Kier alpha value is -1.82. The smallest absolute Gasteiger partial charge is 0.341 e. The SMILES string of the molecule is COC(=O)c1c(CCCCCCCC(F)CO)cc(OC)cc1OC. The van der Waals surface area contributed by atoms with E-state index in [-0.39, 0.29) is 0 Å². The minimum absolute atomic E-state index is 0.395. The largest absolute Gasteiger partial charge is 0.497 e. The number of benzene rings is 1. The molecule has 6 heteroatoms. The molecule has 0 amide bonds. The summed E-state index contributed by atoms with van der Waals surface area (Å²) in [5.74, 6) is 0.657. The molecular weight excluding hydrogens is 327 g/mol. The van der Waals surface area contributed by atoms with Crippen LogP contribution in [0.25, 0.3) is 0 Å². The number of carbonyl (C=O) groups is 1. The molecule has 0 radical (unpaired) electrons. The third-order valence-electron chi connectivity index (χ3n) is 4.16. The van der Waals surface area contributed by atoms with Crippen LogP contribution < -0.4 is 9.47 Å². The minimum atomic E-state index is -1.10. The number of esters is 1. The van der Waals surface area contributed by atoms with E-state index in [9.17, 15) is 9.18 Å². The van der Waals surface area contributed by atoms with Gasteiger partial charge in [0.1, 0.15) is 23.2 Å². The van der Waals surface area contributed by atoms with Gasteiger partial charge in [-0.2, -0.15) is 0 Å². The van der Waals surface area contributed by atoms with Gasteiger partial charge in [-0.05, 0) is 30.9 Å². The van der Waals surface area contributed by atoms with Gasteiger partial charge in [0.15, 0.2) is 0 Å². The zero-order valence-electron chi connectivity index (χ0n) is 15.3. The third kappa shape index (κ3) is 6.90. The minimum Gasteiger partial charge on any atom is -0.497 e. The molecule has 142 valence electrons. The molecule has 0 heterocycles. The van der Waals surface area contributed by atoms with E-state index in [2.05, 4.69) is 0 Å². The summed E-state index contributed by atoms with van der Waals surface area (Å²) >= 11 is 0. The lowest BCUT2D eigenvalue weighted by Crippen LogP contribution is -2.09. The molecule has 0 saturated heterocycles. The molecular formula is C19H29FO5. The first kappa shape index (κ1) is 21.2. The third-order valence-corrected chi connectivity index (χ3v) is 4.16. The lowest BCUT2D eigenvalue weighted by molar-refractivity contribution is 0.0595. The summed E-state index contributed by atoms with van der Waals surface area (Å²) < 4.78 is 28.4. The number of hydrogen-bond donors (Lipinski definition) is 1. The normalized spacial score (nSPS) is 11.9. The number of aliphatic hydroxyl groups is 1. The zero-order valence-corrected chi connectivity index (χ0v) is 15.3. The fourth-order valence-corrected chi connectivity index (χ4v) is 2.76. The molecule has 0 aliphatic heterocycles. The summed E-state index contributed by atoms with van der Waals surface area (Å²) in [6, 6.07) is 3.51. The molecule has 0 aliphatic carbocycles. The fourth-order valence-electron chi connectivity index (χ4n) is 2.76. The Morgan fingerprint density at radius 2 is 1.76 bits per heavy atom. The van der Waals surface area contributed by atoms with E-state index in [1.165, 1.54) is 14.2 Å². The quantitative estimate of drug-likeness (QED) is 0.457. The van der Waals surface area contributed by atoms with E-state index in [4.69, 9.17) is 19.3 Å². The van der Waals surface area contributed by atoms with Crippen LogP contribution in [0.4, 0.5) is 4.39 Å². The maximum atomic E-state index is 12.9. The van der Waals surface area contributed by atoms with Crippen LogP contribution in [0.15, 0.2) is 12.1 Å². The molecule has 0 spiro atoms. The van der Waals surface area contributed by atoms with E-state index in [0.29, 0.717) is 29.9 Å². The predicted octanol–water partition coefficient (Wildman–Crippen LogP) is 3.70. The topological polar surface area (TPSA) is 65.0 Å². The monoisotopic (exact) mass is 356 g/mol. The predicted molar refractivity (Wildman–Crippen MR) is 94.3 cm³/mol. The van der Waals surface area contributed by atoms with Crippen molar-refractivity contribution in [2.24, 2.45) is 0 Å². The van der Waals surface area contributed by atoms with Crippen molar-refractivity contribution in [1.29, 1.82) is 0 Å². The van der Waals surface area contributed by atoms with E-state index >= 15 is 0 Å². The van der Waals surface area contributed by atoms with Crippen LogP contribution >= 0.6 is 0 Å². The summed E-state index contributed by atoms with van der Waals surface area (Å²) in [7, 11) is 4.43. The number of methoxy groups -OCH3 is 3. The van der Waals surface area contributed by atoms with Gasteiger partial charge in [-0.25, -0.2) is 9.18 Å². The first-order valence-electron chi connectivity index (χ1n) is 8.65. The Bertz CT molecular complexity index is 533. The number of halogens is 1. The average molecular weight is 356 g/mol. The van der Waals surface area contributed by atoms with E-state index in [1.807, 2.05) is 6.07 Å². The lowest BCUT2D eigenvalue weighted by atomic mass is 9.99. The fraction of sp³-hybridized carbons (Fsp3) is 0.632. The Morgan fingerprint density at radius 3 is 2.36 bits per heavy atom. The molecule has 0 saturated carbocycles. The van der Waals surface area contributed by atoms with Gasteiger partial charge < -0.3 is 19.3 Å². The summed E-state index contributed by atoms with van der Waals surface area (Å²) in [6.45, 7) is -0.395. The maximum Gasteiger partial charge on any atom is 0.341 e. The molecule has 0 aromatic heterocycles. The Morgan fingerprint density at radius 1 is 1.08 bits per heavy atom. The van der Waals surface area contributed by atoms with Crippen molar-refractivity contribution in [1.82, 2.24) is 0 Å². The molecule has 25 heavy (non-hydrogen) atoms. The van der Waals surface area contributed by atoms with E-state index in [0.717, 1.165) is 37.7 Å². The van der Waals surface area contributed by atoms with Crippen molar-refractivity contribution in [3.8, 4) is 11.5 Å². The van der Waals surface area contributed by atoms with Gasteiger partial charge >= 0.3 is 5.97 Å². The Labute approximate surface area is 149 Å². The molecule has 0 bridgehead atoms. The molecule has 1 aromatic rings. The molecule has 1 N–H and O–H groups in total. The van der Waals surface area contributed by atoms with Gasteiger partial charge in [-0.3, -0.25) is 0 Å². The number of unbranched alkanes of at least 4 members (excludes halogenated alkanes) is 4. The maximum absolute atomic E-state index is 12.9. The van der Waals surface area contributed by atoms with Crippen LogP contribution in [-0.2, 0) is 11.2 Å². The standard InChI is InChI=1S/C19H29FO5/c1-23-16-11-14(18(19(22)25-3)17(12-16)24-2)9-7-5-4-6-8-10-15(20)13-21/h11-12,15,21H,4-10,13H2,1-3H3. The number of alkyl halides is 1. The van der Waals surface area contributed by atoms with Crippen molar-refractivity contribution >= 4 is 5.97 Å². The number of rotatable bonds is 12. The van der Waals surface area contributed by atoms with Crippen molar-refractivity contribution in [3.05, 3.63) is 23.3 Å². The van der Waals surface area contributed by atoms with Crippen molar-refractivity contribution in [2.45, 2.75) is 51.1 Å². The lowest BCUT2D eigenvalue weighted by Gasteiger charge is -2.14. The average Bonchev–Trinajstić information content (AvgIpc) is 2.65. The molecule has 1 atom stereocenters. The number of ether oxygens (including phenoxy) is 3. The molecule has 0 fully saturated rings. The molecule has 5 nitrogen and oxygen atoms in total. The second kappa shape index (κ2) is 11.7. The molecule has 1 unspecified atom stereocenters. The highest BCUT2D eigenvalue weighted by Gasteiger charge is 2.19. The second-order valence-corrected chi connectivity index (χ2v) is 5.94. The zero-order chi connectivity index (χ0) is 18.7. The highest BCUT2D eigenvalue weighted by molar-refractivity contribution is 5.94. The Kier molecular flexibility index (Phi) is 9.92. The first-order valence-corrected chi connectivity index (χ1v) is 8.65. The van der Waals surface area contributed by atoms with Crippen LogP contribution in [0.3, 0.4) is 0 Å². The van der Waals surface area contributed by atoms with Gasteiger partial charge in [0.05, 0.1) is 27.9 Å². The van der Waals surface area contributed by atoms with Gasteiger partial charge in [0.25, 0.3) is 0 Å². The van der Waals surface area contributed by atoms with Crippen LogP contribution in [0, 0.1) is 0 Å². The molecule has 1 aromatic carbocycles. The molecule has 1 rings (SSSR count). The number of carbonyl (C=O) groups excluding carboxylic acids is 1. The van der Waals surface area contributed by atoms with Gasteiger partial charge in [-0.1, -0.05) is 25.7 Å². The number of aryl methyl sites for hydroxylation is 1. The van der Waals surface area contributed by atoms with Crippen LogP contribution in [0.5, 0.6) is 11.5 Å². The highest BCUT2D eigenvalue weighted by Crippen LogP contribution is 2.30. The highest BCUT2D eigenvalue weighted by atomic mass is 19.1. The van der Waals surface area contributed by atoms with Crippen LogP contribution in [-0.4, -0.2) is 45.2 Å². The van der Waals surface area contributed by atoms with E-state index < -0.39 is 18.7 Å². The van der Waals surface area contributed by atoms with Gasteiger partial charge in [-0.15, -0.1) is 0 Å². The van der Waals surface area contributed by atoms with Gasteiger partial charge in [0, 0.05) is 6.07 Å². The molecule has 0 aliphatic rings. The van der Waals surface area contributed by atoms with Gasteiger partial charge in [0.2, 0.25) is 0 Å². The number of aliphatic hydroxyl groups excluding tert-OH is 1. The van der Waals surface area contributed by atoms with Crippen molar-refractivity contribution in [3.63, 3.8) is 0 Å². The summed E-state index contributed by atoms with van der Waals surface area (Å²) in [4.78, 5) is 12.1. The van der Waals surface area contributed by atoms with Crippen LogP contribution in [0.2, 0.25) is 0 Å². The number of hydrogen-bond acceptors (Lipinski definition) is 5.